The second-order valence-electron chi connectivity index (χ2n) is 12.3. The zero-order valence-electron chi connectivity index (χ0n) is 22.8. The number of nitrogens with zero attached hydrogens (tertiary/aromatic N) is 4. The molecule has 0 aliphatic carbocycles. The Hall–Kier alpha value is -4.00. The average Bonchev–Trinajstić information content (AvgIpc) is 3.25. The Labute approximate surface area is 236 Å². The molecule has 41 heavy (non-hydrogen) atoms. The Morgan fingerprint density at radius 2 is 1.80 bits per heavy atom. The second-order valence-corrected chi connectivity index (χ2v) is 12.3. The number of hydrogen-bond donors (Lipinski definition) is 3. The van der Waals surface area contributed by atoms with Gasteiger partial charge in [-0.05, 0) is 43.4 Å². The number of piperazine rings is 1. The summed E-state index contributed by atoms with van der Waals surface area (Å²) >= 11 is 0. The Morgan fingerprint density at radius 1 is 1.05 bits per heavy atom. The van der Waals surface area contributed by atoms with E-state index in [1.165, 1.54) is 24.3 Å². The standard InChI is InChI=1S/C32H30F2N6O/c1-3-22-25(33)7-4-18-8-21(41)9-23(27(18)22)29-28(34)26-17(2)30(40-15-32(16-40)13-35-14-32)38-31(24(26)10-36-29)39-11-19-5-6-20(12-39)37-19/h1,4,7-10,19-20,35,37,41H,5-6,11-16H2,2H3. The van der Waals surface area contributed by atoms with Crippen LogP contribution in [-0.4, -0.2) is 66.4 Å². The highest BCUT2D eigenvalue weighted by atomic mass is 19.1. The fourth-order valence-corrected chi connectivity index (χ4v) is 7.45. The molecule has 7 nitrogen and oxygen atoms in total. The van der Waals surface area contributed by atoms with Gasteiger partial charge in [0.15, 0.2) is 5.82 Å². The first-order valence-corrected chi connectivity index (χ1v) is 14.2. The number of terminal acetylenes is 1. The van der Waals surface area contributed by atoms with Gasteiger partial charge in [0, 0.05) is 90.2 Å². The van der Waals surface area contributed by atoms with Crippen LogP contribution in [-0.2, 0) is 0 Å². The third-order valence-corrected chi connectivity index (χ3v) is 9.50. The fraction of sp³-hybridized carbons (Fsp3) is 0.375. The first-order valence-electron chi connectivity index (χ1n) is 14.2. The molecule has 8 rings (SSSR count). The van der Waals surface area contributed by atoms with Crippen LogP contribution in [0, 0.1) is 36.3 Å². The molecule has 0 saturated carbocycles. The van der Waals surface area contributed by atoms with Crippen LogP contribution in [0.15, 0.2) is 30.5 Å². The van der Waals surface area contributed by atoms with E-state index in [1.54, 1.807) is 6.20 Å². The van der Waals surface area contributed by atoms with E-state index in [0.717, 1.165) is 69.3 Å². The van der Waals surface area contributed by atoms with Gasteiger partial charge >= 0.3 is 0 Å². The molecular weight excluding hydrogens is 522 g/mol. The predicted molar refractivity (Wildman–Crippen MR) is 156 cm³/mol. The number of aryl methyl sites for hydroxylation is 1. The molecule has 4 fully saturated rings. The molecule has 3 N–H and O–H groups in total. The maximum absolute atomic E-state index is 16.9. The van der Waals surface area contributed by atoms with Crippen LogP contribution in [0.3, 0.4) is 0 Å². The number of pyridine rings is 2. The number of anilines is 2. The third kappa shape index (κ3) is 3.63. The summed E-state index contributed by atoms with van der Waals surface area (Å²) in [5.74, 6) is 2.78. The summed E-state index contributed by atoms with van der Waals surface area (Å²) in [5, 5.41) is 19.5. The highest BCUT2D eigenvalue weighted by molar-refractivity contribution is 6.04. The van der Waals surface area contributed by atoms with Gasteiger partial charge in [0.2, 0.25) is 0 Å². The van der Waals surface area contributed by atoms with Crippen LogP contribution >= 0.6 is 0 Å². The minimum atomic E-state index is -0.580. The Balaban J connectivity index is 1.36. The number of fused-ring (bicyclic) bond motifs is 4. The summed E-state index contributed by atoms with van der Waals surface area (Å²) in [7, 11) is 0. The molecule has 4 saturated heterocycles. The van der Waals surface area contributed by atoms with Crippen LogP contribution in [0.2, 0.25) is 0 Å². The van der Waals surface area contributed by atoms with E-state index < -0.39 is 11.6 Å². The molecule has 4 aliphatic rings. The van der Waals surface area contributed by atoms with E-state index in [9.17, 15) is 9.50 Å². The monoisotopic (exact) mass is 552 g/mol. The number of aromatic nitrogens is 2. The smallest absolute Gasteiger partial charge is 0.157 e. The number of hydrogen-bond acceptors (Lipinski definition) is 7. The van der Waals surface area contributed by atoms with Crippen LogP contribution in [0.5, 0.6) is 5.75 Å². The number of benzene rings is 2. The molecule has 2 atom stereocenters. The van der Waals surface area contributed by atoms with Crippen molar-refractivity contribution in [2.45, 2.75) is 31.8 Å². The molecule has 2 aromatic heterocycles. The second kappa shape index (κ2) is 8.75. The maximum Gasteiger partial charge on any atom is 0.157 e. The lowest BCUT2D eigenvalue weighted by atomic mass is 9.74. The molecule has 4 aliphatic heterocycles. The molecule has 9 heteroatoms. The van der Waals surface area contributed by atoms with Gasteiger partial charge in [0.25, 0.3) is 0 Å². The predicted octanol–water partition coefficient (Wildman–Crippen LogP) is 4.07. The van der Waals surface area contributed by atoms with E-state index in [1.807, 2.05) is 6.92 Å². The average molecular weight is 553 g/mol. The van der Waals surface area contributed by atoms with Crippen molar-refractivity contribution in [3.8, 4) is 29.4 Å². The molecule has 4 aromatic rings. The first kappa shape index (κ1) is 24.8. The number of aromatic hydroxyl groups is 1. The lowest BCUT2D eigenvalue weighted by molar-refractivity contribution is 0.120. The van der Waals surface area contributed by atoms with Crippen LogP contribution in [0.1, 0.15) is 24.0 Å². The molecule has 2 bridgehead atoms. The molecule has 6 heterocycles. The third-order valence-electron chi connectivity index (χ3n) is 9.50. The Bertz CT molecular complexity index is 1790. The van der Waals surface area contributed by atoms with E-state index in [-0.39, 0.29) is 28.0 Å². The molecule has 1 spiro atoms. The van der Waals surface area contributed by atoms with Crippen LogP contribution in [0.25, 0.3) is 32.8 Å². The Morgan fingerprint density at radius 3 is 2.49 bits per heavy atom. The van der Waals surface area contributed by atoms with Crippen molar-refractivity contribution in [2.24, 2.45) is 5.41 Å². The van der Waals surface area contributed by atoms with Gasteiger partial charge in [0.1, 0.15) is 28.9 Å². The first-order chi connectivity index (χ1) is 19.8. The summed E-state index contributed by atoms with van der Waals surface area (Å²) in [6, 6.07) is 6.48. The van der Waals surface area contributed by atoms with Crippen molar-refractivity contribution in [2.75, 3.05) is 49.1 Å². The van der Waals surface area contributed by atoms with Crippen LogP contribution in [0.4, 0.5) is 20.4 Å². The highest BCUT2D eigenvalue weighted by Gasteiger charge is 2.48. The summed E-state index contributed by atoms with van der Waals surface area (Å²) in [6.07, 6.45) is 9.62. The Kier molecular flexibility index (Phi) is 5.28. The van der Waals surface area contributed by atoms with E-state index in [0.29, 0.717) is 33.6 Å². The molecule has 0 amide bonds. The topological polar surface area (TPSA) is 76.6 Å². The van der Waals surface area contributed by atoms with E-state index in [4.69, 9.17) is 11.4 Å². The van der Waals surface area contributed by atoms with Gasteiger partial charge in [-0.3, -0.25) is 4.98 Å². The van der Waals surface area contributed by atoms with Crippen molar-refractivity contribution < 1.29 is 13.9 Å². The lowest BCUT2D eigenvalue weighted by Gasteiger charge is -2.56. The number of nitrogens with one attached hydrogen (secondary N) is 2. The van der Waals surface area contributed by atoms with Gasteiger partial charge in [-0.2, -0.15) is 0 Å². The van der Waals surface area contributed by atoms with E-state index in [2.05, 4.69) is 31.3 Å². The molecule has 2 unspecified atom stereocenters. The highest BCUT2D eigenvalue weighted by Crippen LogP contribution is 2.44. The maximum atomic E-state index is 16.9. The molecule has 208 valence electrons. The summed E-state index contributed by atoms with van der Waals surface area (Å²) in [6.45, 7) is 7.28. The molecule has 0 radical (unpaired) electrons. The number of halogens is 2. The lowest BCUT2D eigenvalue weighted by Crippen LogP contribution is -2.71. The van der Waals surface area contributed by atoms with Crippen molar-refractivity contribution >= 4 is 33.2 Å². The van der Waals surface area contributed by atoms with Crippen molar-refractivity contribution in [3.05, 3.63) is 53.2 Å². The van der Waals surface area contributed by atoms with Gasteiger partial charge in [-0.15, -0.1) is 6.42 Å². The number of rotatable bonds is 3. The van der Waals surface area contributed by atoms with Crippen LogP contribution < -0.4 is 20.4 Å². The molecular formula is C32H30F2N6O. The largest absolute Gasteiger partial charge is 0.508 e. The van der Waals surface area contributed by atoms with Gasteiger partial charge in [-0.25, -0.2) is 13.8 Å². The summed E-state index contributed by atoms with van der Waals surface area (Å²) in [5.41, 5.74) is 1.32. The number of phenols is 1. The summed E-state index contributed by atoms with van der Waals surface area (Å²) < 4.78 is 31.7. The van der Waals surface area contributed by atoms with Gasteiger partial charge in [-0.1, -0.05) is 12.0 Å². The minimum absolute atomic E-state index is 0.0166. The van der Waals surface area contributed by atoms with Crippen molar-refractivity contribution in [3.63, 3.8) is 0 Å². The van der Waals surface area contributed by atoms with Crippen molar-refractivity contribution in [1.29, 1.82) is 0 Å². The SMILES string of the molecule is C#Cc1c(F)ccc2cc(O)cc(-c3ncc4c(N5CC6CCC(C5)N6)nc(N5CC6(CNC6)C5)c(C)c4c3F)c12. The number of phenolic OH excluding ortho intramolecular Hbond substituents is 1. The molecule has 2 aromatic carbocycles. The summed E-state index contributed by atoms with van der Waals surface area (Å²) in [4.78, 5) is 14.3. The quantitative estimate of drug-likeness (QED) is 0.331. The van der Waals surface area contributed by atoms with Crippen molar-refractivity contribution in [1.82, 2.24) is 20.6 Å². The van der Waals surface area contributed by atoms with Gasteiger partial charge < -0.3 is 25.5 Å². The van der Waals surface area contributed by atoms with E-state index >= 15 is 4.39 Å². The zero-order valence-corrected chi connectivity index (χ0v) is 22.8. The fourth-order valence-electron chi connectivity index (χ4n) is 7.45. The van der Waals surface area contributed by atoms with Gasteiger partial charge in [0.05, 0.1) is 5.56 Å². The minimum Gasteiger partial charge on any atom is -0.508 e. The normalized spacial score (nSPS) is 22.7. The zero-order chi connectivity index (χ0) is 28.0.